The monoisotopic (exact) mass is 248 g/mol. The summed E-state index contributed by atoms with van der Waals surface area (Å²) in [5, 5.41) is 3.04. The van der Waals surface area contributed by atoms with Gasteiger partial charge in [-0.05, 0) is 37.5 Å². The summed E-state index contributed by atoms with van der Waals surface area (Å²) >= 11 is 0. The summed E-state index contributed by atoms with van der Waals surface area (Å²) < 4.78 is 0. The summed E-state index contributed by atoms with van der Waals surface area (Å²) in [6.45, 7) is 8.54. The zero-order valence-corrected chi connectivity index (χ0v) is 11.6. The molecule has 3 nitrogen and oxygen atoms in total. The van der Waals surface area contributed by atoms with Crippen LogP contribution in [0.15, 0.2) is 0 Å². The predicted molar refractivity (Wildman–Crippen MR) is 69.6 cm³/mol. The molecule has 1 aliphatic rings. The van der Waals surface area contributed by atoms with Crippen LogP contribution in [0.2, 0.25) is 0 Å². The van der Waals surface area contributed by atoms with Crippen molar-refractivity contribution in [1.82, 2.24) is 5.32 Å². The Kier molecular flexibility index (Phi) is 5.77. The third kappa shape index (κ3) is 4.30. The Morgan fingerprint density at radius 3 is 2.50 bits per heavy atom. The maximum absolute atomic E-state index is 11.5. The molecule has 0 spiro atoms. The zero-order valence-electron chi connectivity index (χ0n) is 10.7. The van der Waals surface area contributed by atoms with Crippen LogP contribution in [0.5, 0.6) is 0 Å². The van der Waals surface area contributed by atoms with Gasteiger partial charge in [-0.3, -0.25) is 4.79 Å². The average molecular weight is 249 g/mol. The van der Waals surface area contributed by atoms with Gasteiger partial charge in [0, 0.05) is 6.04 Å². The number of hydrogen-bond donors (Lipinski definition) is 2. The van der Waals surface area contributed by atoms with E-state index in [1.54, 1.807) is 6.92 Å². The van der Waals surface area contributed by atoms with Crippen molar-refractivity contribution in [2.45, 2.75) is 59.0 Å². The predicted octanol–water partition coefficient (Wildman–Crippen LogP) is 2.09. The molecule has 1 saturated carbocycles. The smallest absolute Gasteiger partial charge is 0.236 e. The van der Waals surface area contributed by atoms with Crippen molar-refractivity contribution in [3.63, 3.8) is 0 Å². The minimum Gasteiger partial charge on any atom is -0.352 e. The molecule has 1 rings (SSSR count). The third-order valence-corrected chi connectivity index (χ3v) is 3.43. The van der Waals surface area contributed by atoms with Crippen LogP contribution in [0.3, 0.4) is 0 Å². The first-order valence-electron chi connectivity index (χ1n) is 5.88. The first-order chi connectivity index (χ1) is 6.82. The molecular formula is C12H25ClN2O. The van der Waals surface area contributed by atoms with E-state index in [9.17, 15) is 4.79 Å². The van der Waals surface area contributed by atoms with Crippen molar-refractivity contribution in [2.24, 2.45) is 17.1 Å². The normalized spacial score (nSPS) is 30.1. The first-order valence-corrected chi connectivity index (χ1v) is 5.88. The fourth-order valence-electron chi connectivity index (χ4n) is 2.48. The van der Waals surface area contributed by atoms with E-state index in [0.29, 0.717) is 17.4 Å². The van der Waals surface area contributed by atoms with Crippen LogP contribution in [0, 0.1) is 11.3 Å². The molecule has 0 heterocycles. The molecule has 1 fully saturated rings. The average Bonchev–Trinajstić information content (AvgIpc) is 2.08. The quantitative estimate of drug-likeness (QED) is 0.786. The van der Waals surface area contributed by atoms with E-state index in [2.05, 4.69) is 26.1 Å². The molecule has 2 unspecified atom stereocenters. The maximum atomic E-state index is 11.5. The van der Waals surface area contributed by atoms with Crippen LogP contribution >= 0.6 is 12.4 Å². The van der Waals surface area contributed by atoms with Gasteiger partial charge in [-0.15, -0.1) is 12.4 Å². The molecule has 3 N–H and O–H groups in total. The summed E-state index contributed by atoms with van der Waals surface area (Å²) in [6.07, 6.45) is 3.44. The highest BCUT2D eigenvalue weighted by atomic mass is 35.5. The molecule has 16 heavy (non-hydrogen) atoms. The molecule has 1 aliphatic carbocycles. The molecule has 4 heteroatoms. The molecule has 0 radical (unpaired) electrons. The number of carbonyl (C=O) groups is 1. The Morgan fingerprint density at radius 1 is 1.50 bits per heavy atom. The van der Waals surface area contributed by atoms with E-state index < -0.39 is 6.04 Å². The Morgan fingerprint density at radius 2 is 2.06 bits per heavy atom. The highest BCUT2D eigenvalue weighted by Gasteiger charge is 2.33. The molecular weight excluding hydrogens is 224 g/mol. The van der Waals surface area contributed by atoms with Gasteiger partial charge in [0.05, 0.1) is 6.04 Å². The van der Waals surface area contributed by atoms with Crippen molar-refractivity contribution in [3.05, 3.63) is 0 Å². The molecule has 0 saturated heterocycles. The molecule has 0 bridgehead atoms. The zero-order chi connectivity index (χ0) is 11.6. The lowest BCUT2D eigenvalue weighted by atomic mass is 9.70. The van der Waals surface area contributed by atoms with E-state index in [4.69, 9.17) is 5.73 Å². The summed E-state index contributed by atoms with van der Waals surface area (Å²) in [4.78, 5) is 11.5. The van der Waals surface area contributed by atoms with E-state index in [1.165, 1.54) is 12.8 Å². The largest absolute Gasteiger partial charge is 0.352 e. The van der Waals surface area contributed by atoms with Crippen LogP contribution < -0.4 is 11.1 Å². The van der Waals surface area contributed by atoms with Gasteiger partial charge in [0.1, 0.15) is 0 Å². The van der Waals surface area contributed by atoms with Gasteiger partial charge in [0.15, 0.2) is 0 Å². The standard InChI is InChI=1S/C12H24N2O.ClH/c1-8-7-12(3,4)6-5-10(8)14-11(15)9(2)13;/h8-10H,5-7,13H2,1-4H3,(H,14,15);1H/t8?,9-,10?;/m1./s1. The molecule has 96 valence electrons. The number of nitrogens with one attached hydrogen (secondary N) is 1. The van der Waals surface area contributed by atoms with Crippen molar-refractivity contribution < 1.29 is 4.79 Å². The molecule has 1 amide bonds. The van der Waals surface area contributed by atoms with E-state index in [0.717, 1.165) is 6.42 Å². The SMILES string of the molecule is CC1CC(C)(C)CCC1NC(=O)[C@@H](C)N.Cl. The Labute approximate surface area is 105 Å². The van der Waals surface area contributed by atoms with Gasteiger partial charge in [-0.2, -0.15) is 0 Å². The summed E-state index contributed by atoms with van der Waals surface area (Å²) in [6, 6.07) is -0.0799. The third-order valence-electron chi connectivity index (χ3n) is 3.43. The van der Waals surface area contributed by atoms with Crippen LogP contribution in [0.1, 0.15) is 47.0 Å². The maximum Gasteiger partial charge on any atom is 0.236 e. The second-order valence-electron chi connectivity index (χ2n) is 5.79. The Balaban J connectivity index is 0.00000225. The summed E-state index contributed by atoms with van der Waals surface area (Å²) in [5.41, 5.74) is 5.97. The second-order valence-corrected chi connectivity index (χ2v) is 5.79. The van der Waals surface area contributed by atoms with Gasteiger partial charge < -0.3 is 11.1 Å². The van der Waals surface area contributed by atoms with Gasteiger partial charge >= 0.3 is 0 Å². The molecule has 0 aromatic carbocycles. The number of nitrogens with two attached hydrogens (primary N) is 1. The number of amides is 1. The van der Waals surface area contributed by atoms with Gasteiger partial charge in [0.25, 0.3) is 0 Å². The van der Waals surface area contributed by atoms with Crippen molar-refractivity contribution in [3.8, 4) is 0 Å². The number of rotatable bonds is 2. The van der Waals surface area contributed by atoms with E-state index in [1.807, 2.05) is 0 Å². The molecule has 0 aliphatic heterocycles. The second kappa shape index (κ2) is 5.87. The summed E-state index contributed by atoms with van der Waals surface area (Å²) in [5.74, 6) is 0.531. The fraction of sp³-hybridized carbons (Fsp3) is 0.917. The summed E-state index contributed by atoms with van der Waals surface area (Å²) in [7, 11) is 0. The highest BCUT2D eigenvalue weighted by Crippen LogP contribution is 2.38. The van der Waals surface area contributed by atoms with Crippen molar-refractivity contribution >= 4 is 18.3 Å². The minimum absolute atomic E-state index is 0. The molecule has 0 aromatic rings. The lowest BCUT2D eigenvalue weighted by Crippen LogP contribution is -2.49. The topological polar surface area (TPSA) is 55.1 Å². The fourth-order valence-corrected chi connectivity index (χ4v) is 2.48. The van der Waals surface area contributed by atoms with Crippen molar-refractivity contribution in [2.75, 3.05) is 0 Å². The number of hydrogen-bond acceptors (Lipinski definition) is 2. The molecule has 0 aromatic heterocycles. The van der Waals surface area contributed by atoms with E-state index in [-0.39, 0.29) is 18.3 Å². The van der Waals surface area contributed by atoms with Gasteiger partial charge in [-0.1, -0.05) is 20.8 Å². The lowest BCUT2D eigenvalue weighted by molar-refractivity contribution is -0.123. The van der Waals surface area contributed by atoms with Gasteiger partial charge in [-0.25, -0.2) is 0 Å². The number of carbonyl (C=O) groups excluding carboxylic acids is 1. The minimum atomic E-state index is -0.396. The Hall–Kier alpha value is -0.280. The van der Waals surface area contributed by atoms with Crippen LogP contribution in [-0.2, 0) is 4.79 Å². The lowest BCUT2D eigenvalue weighted by Gasteiger charge is -2.39. The Bertz CT molecular complexity index is 241. The highest BCUT2D eigenvalue weighted by molar-refractivity contribution is 5.85. The number of halogens is 1. The van der Waals surface area contributed by atoms with E-state index >= 15 is 0 Å². The van der Waals surface area contributed by atoms with Crippen molar-refractivity contribution in [1.29, 1.82) is 0 Å². The van der Waals surface area contributed by atoms with Crippen LogP contribution in [-0.4, -0.2) is 18.0 Å². The molecule has 3 atom stereocenters. The van der Waals surface area contributed by atoms with Crippen LogP contribution in [0.25, 0.3) is 0 Å². The van der Waals surface area contributed by atoms with Crippen LogP contribution in [0.4, 0.5) is 0 Å². The van der Waals surface area contributed by atoms with Gasteiger partial charge in [0.2, 0.25) is 5.91 Å². The first kappa shape index (κ1) is 15.7.